The van der Waals surface area contributed by atoms with Crippen molar-refractivity contribution in [1.29, 1.82) is 0 Å². The van der Waals surface area contributed by atoms with Crippen LogP contribution in [0.5, 0.6) is 0 Å². The molecule has 0 bridgehead atoms. The number of nitrogens with zero attached hydrogens (tertiary/aromatic N) is 1. The largest absolute Gasteiger partial charge is 0.374 e. The molecule has 0 atom stereocenters. The predicted molar refractivity (Wildman–Crippen MR) is 68.8 cm³/mol. The number of hydrogen-bond acceptors (Lipinski definition) is 1. The summed E-state index contributed by atoms with van der Waals surface area (Å²) < 4.78 is 0. The van der Waals surface area contributed by atoms with Crippen molar-refractivity contribution in [2.45, 2.75) is 40.0 Å². The van der Waals surface area contributed by atoms with Gasteiger partial charge in [0.05, 0.1) is 0 Å². The summed E-state index contributed by atoms with van der Waals surface area (Å²) in [5.41, 5.74) is 4.20. The second-order valence-corrected chi connectivity index (χ2v) is 4.64. The van der Waals surface area contributed by atoms with Gasteiger partial charge in [0.1, 0.15) is 0 Å². The summed E-state index contributed by atoms with van der Waals surface area (Å²) in [6, 6.07) is 6.76. The van der Waals surface area contributed by atoms with Crippen LogP contribution in [0.3, 0.4) is 0 Å². The van der Waals surface area contributed by atoms with E-state index in [-0.39, 0.29) is 0 Å². The Kier molecular flexibility index (Phi) is 4.19. The van der Waals surface area contributed by atoms with Gasteiger partial charge in [-0.15, -0.1) is 0 Å². The van der Waals surface area contributed by atoms with Gasteiger partial charge in [-0.05, 0) is 30.9 Å². The molecule has 0 aliphatic heterocycles. The van der Waals surface area contributed by atoms with Crippen LogP contribution in [0.2, 0.25) is 0 Å². The number of anilines is 1. The average molecular weight is 205 g/mol. The van der Waals surface area contributed by atoms with Crippen molar-refractivity contribution in [1.82, 2.24) is 0 Å². The SMILES string of the molecule is CCCN(C)c1ccc(C)cc1C(C)C. The van der Waals surface area contributed by atoms with Crippen molar-refractivity contribution >= 4 is 5.69 Å². The zero-order valence-corrected chi connectivity index (χ0v) is 10.7. The third-order valence-corrected chi connectivity index (χ3v) is 2.78. The van der Waals surface area contributed by atoms with Gasteiger partial charge in [-0.1, -0.05) is 38.5 Å². The van der Waals surface area contributed by atoms with Crippen molar-refractivity contribution in [2.75, 3.05) is 18.5 Å². The molecule has 1 aromatic carbocycles. The van der Waals surface area contributed by atoms with Crippen LogP contribution in [-0.2, 0) is 0 Å². The fourth-order valence-electron chi connectivity index (χ4n) is 1.94. The highest BCUT2D eigenvalue weighted by molar-refractivity contribution is 5.55. The van der Waals surface area contributed by atoms with Gasteiger partial charge >= 0.3 is 0 Å². The number of aryl methyl sites for hydroxylation is 1. The van der Waals surface area contributed by atoms with Crippen molar-refractivity contribution in [3.05, 3.63) is 29.3 Å². The second-order valence-electron chi connectivity index (χ2n) is 4.64. The minimum Gasteiger partial charge on any atom is -0.374 e. The Hall–Kier alpha value is -0.980. The Morgan fingerprint density at radius 2 is 1.93 bits per heavy atom. The number of benzene rings is 1. The van der Waals surface area contributed by atoms with Crippen LogP contribution in [-0.4, -0.2) is 13.6 Å². The molecule has 15 heavy (non-hydrogen) atoms. The van der Waals surface area contributed by atoms with Gasteiger partial charge in [0.25, 0.3) is 0 Å². The van der Waals surface area contributed by atoms with E-state index in [2.05, 4.69) is 57.8 Å². The molecular weight excluding hydrogens is 182 g/mol. The van der Waals surface area contributed by atoms with Gasteiger partial charge in [-0.2, -0.15) is 0 Å². The molecular formula is C14H23N. The van der Waals surface area contributed by atoms with E-state index in [0.717, 1.165) is 6.54 Å². The molecule has 0 unspecified atom stereocenters. The lowest BCUT2D eigenvalue weighted by Crippen LogP contribution is -2.19. The summed E-state index contributed by atoms with van der Waals surface area (Å²) in [5.74, 6) is 0.596. The van der Waals surface area contributed by atoms with Crippen LogP contribution in [0.25, 0.3) is 0 Å². The lowest BCUT2D eigenvalue weighted by Gasteiger charge is -2.24. The van der Waals surface area contributed by atoms with E-state index in [9.17, 15) is 0 Å². The van der Waals surface area contributed by atoms with E-state index < -0.39 is 0 Å². The fourth-order valence-corrected chi connectivity index (χ4v) is 1.94. The van der Waals surface area contributed by atoms with Crippen molar-refractivity contribution in [2.24, 2.45) is 0 Å². The van der Waals surface area contributed by atoms with Gasteiger partial charge in [0, 0.05) is 19.3 Å². The molecule has 0 heterocycles. The number of hydrogen-bond donors (Lipinski definition) is 0. The maximum absolute atomic E-state index is 2.36. The van der Waals surface area contributed by atoms with Crippen molar-refractivity contribution < 1.29 is 0 Å². The summed E-state index contributed by atoms with van der Waals surface area (Å²) in [6.07, 6.45) is 1.20. The minimum absolute atomic E-state index is 0.596. The molecule has 1 rings (SSSR count). The minimum atomic E-state index is 0.596. The van der Waals surface area contributed by atoms with Crippen molar-refractivity contribution in [3.8, 4) is 0 Å². The van der Waals surface area contributed by atoms with Crippen LogP contribution < -0.4 is 4.90 Å². The van der Waals surface area contributed by atoms with Gasteiger partial charge < -0.3 is 4.90 Å². The third-order valence-electron chi connectivity index (χ3n) is 2.78. The molecule has 0 spiro atoms. The highest BCUT2D eigenvalue weighted by Gasteiger charge is 2.09. The normalized spacial score (nSPS) is 10.8. The first kappa shape index (κ1) is 12.1. The predicted octanol–water partition coefficient (Wildman–Crippen LogP) is 3.96. The summed E-state index contributed by atoms with van der Waals surface area (Å²) in [5, 5.41) is 0. The van der Waals surface area contributed by atoms with Crippen LogP contribution >= 0.6 is 0 Å². The molecule has 0 aliphatic carbocycles. The monoisotopic (exact) mass is 205 g/mol. The van der Waals surface area contributed by atoms with E-state index >= 15 is 0 Å². The molecule has 0 saturated heterocycles. The Bertz CT molecular complexity index is 315. The van der Waals surface area contributed by atoms with Crippen molar-refractivity contribution in [3.63, 3.8) is 0 Å². The molecule has 0 fully saturated rings. The Labute approximate surface area is 94.1 Å². The van der Waals surface area contributed by atoms with Gasteiger partial charge in [0.2, 0.25) is 0 Å². The molecule has 84 valence electrons. The topological polar surface area (TPSA) is 3.24 Å². The van der Waals surface area contributed by atoms with E-state index in [1.165, 1.54) is 23.2 Å². The Morgan fingerprint density at radius 3 is 2.47 bits per heavy atom. The van der Waals surface area contributed by atoms with Gasteiger partial charge in [-0.25, -0.2) is 0 Å². The molecule has 0 aromatic heterocycles. The molecule has 0 radical (unpaired) electrons. The third kappa shape index (κ3) is 2.98. The summed E-state index contributed by atoms with van der Waals surface area (Å²) >= 11 is 0. The molecule has 0 amide bonds. The summed E-state index contributed by atoms with van der Waals surface area (Å²) in [7, 11) is 2.18. The summed E-state index contributed by atoms with van der Waals surface area (Å²) in [6.45, 7) is 10.0. The fraction of sp³-hybridized carbons (Fsp3) is 0.571. The van der Waals surface area contributed by atoms with Crippen LogP contribution in [0.4, 0.5) is 5.69 Å². The lowest BCUT2D eigenvalue weighted by molar-refractivity contribution is 0.814. The highest BCUT2D eigenvalue weighted by atomic mass is 15.1. The highest BCUT2D eigenvalue weighted by Crippen LogP contribution is 2.27. The quantitative estimate of drug-likeness (QED) is 0.719. The molecule has 1 heteroatoms. The molecule has 1 aromatic rings. The first-order valence-electron chi connectivity index (χ1n) is 5.88. The number of rotatable bonds is 4. The first-order valence-corrected chi connectivity index (χ1v) is 5.88. The molecule has 1 nitrogen and oxygen atoms in total. The smallest absolute Gasteiger partial charge is 0.0398 e. The average Bonchev–Trinajstić information content (AvgIpc) is 2.17. The summed E-state index contributed by atoms with van der Waals surface area (Å²) in [4.78, 5) is 2.36. The van der Waals surface area contributed by atoms with E-state index in [1.54, 1.807) is 0 Å². The molecule has 0 N–H and O–H groups in total. The standard InChI is InChI=1S/C14H23N/c1-6-9-15(5)14-8-7-12(4)10-13(14)11(2)3/h7-8,10-11H,6,9H2,1-5H3. The Balaban J connectivity index is 3.05. The first-order chi connectivity index (χ1) is 7.06. The van der Waals surface area contributed by atoms with E-state index in [4.69, 9.17) is 0 Å². The van der Waals surface area contributed by atoms with E-state index in [0.29, 0.717) is 5.92 Å². The zero-order valence-electron chi connectivity index (χ0n) is 10.7. The van der Waals surface area contributed by atoms with Crippen LogP contribution in [0, 0.1) is 6.92 Å². The van der Waals surface area contributed by atoms with Gasteiger partial charge in [0.15, 0.2) is 0 Å². The van der Waals surface area contributed by atoms with Crippen LogP contribution in [0.1, 0.15) is 44.2 Å². The lowest BCUT2D eigenvalue weighted by atomic mass is 9.98. The maximum atomic E-state index is 2.36. The second kappa shape index (κ2) is 5.20. The molecule has 0 aliphatic rings. The molecule has 0 saturated carbocycles. The Morgan fingerprint density at radius 1 is 1.27 bits per heavy atom. The van der Waals surface area contributed by atoms with Crippen LogP contribution in [0.15, 0.2) is 18.2 Å². The van der Waals surface area contributed by atoms with Gasteiger partial charge in [-0.3, -0.25) is 0 Å². The maximum Gasteiger partial charge on any atom is 0.0398 e. The van der Waals surface area contributed by atoms with E-state index in [1.807, 2.05) is 0 Å². The zero-order chi connectivity index (χ0) is 11.4.